The van der Waals surface area contributed by atoms with Gasteiger partial charge < -0.3 is 20.1 Å². The van der Waals surface area contributed by atoms with Crippen molar-refractivity contribution in [3.8, 4) is 5.75 Å². The van der Waals surface area contributed by atoms with Crippen LogP contribution < -0.4 is 10.5 Å². The summed E-state index contributed by atoms with van der Waals surface area (Å²) in [6, 6.07) is 8.19. The lowest BCUT2D eigenvalue weighted by molar-refractivity contribution is 0.0395. The normalized spacial score (nSPS) is 18.9. The van der Waals surface area contributed by atoms with Crippen LogP contribution in [0.25, 0.3) is 0 Å². The maximum absolute atomic E-state index is 6.30. The van der Waals surface area contributed by atoms with Gasteiger partial charge in [0.05, 0.1) is 12.7 Å². The van der Waals surface area contributed by atoms with Crippen LogP contribution in [0.15, 0.2) is 24.3 Å². The predicted octanol–water partition coefficient (Wildman–Crippen LogP) is 2.20. The van der Waals surface area contributed by atoms with Crippen molar-refractivity contribution in [2.75, 3.05) is 33.4 Å². The van der Waals surface area contributed by atoms with Gasteiger partial charge in [-0.25, -0.2) is 0 Å². The molecule has 0 amide bonds. The van der Waals surface area contributed by atoms with E-state index in [2.05, 4.69) is 17.0 Å². The Hall–Kier alpha value is -1.10. The van der Waals surface area contributed by atoms with Gasteiger partial charge in [-0.15, -0.1) is 0 Å². The van der Waals surface area contributed by atoms with E-state index in [1.165, 1.54) is 5.56 Å². The molecule has 0 bridgehead atoms. The lowest BCUT2D eigenvalue weighted by Crippen LogP contribution is -2.40. The number of likely N-dealkylation sites (tertiary alicyclic amines) is 1. The van der Waals surface area contributed by atoms with E-state index >= 15 is 0 Å². The molecule has 4 nitrogen and oxygen atoms in total. The molecule has 0 radical (unpaired) electrons. The maximum Gasteiger partial charge on any atom is 0.119 e. The van der Waals surface area contributed by atoms with Crippen LogP contribution >= 0.6 is 0 Å². The van der Waals surface area contributed by atoms with Crippen molar-refractivity contribution in [1.82, 2.24) is 4.90 Å². The van der Waals surface area contributed by atoms with Gasteiger partial charge in [0.15, 0.2) is 0 Å². The number of ether oxygens (including phenoxy) is 2. The van der Waals surface area contributed by atoms with Gasteiger partial charge in [-0.05, 0) is 37.5 Å². The summed E-state index contributed by atoms with van der Waals surface area (Å²) in [6.45, 7) is 5.74. The molecule has 0 aliphatic carbocycles. The molecule has 1 unspecified atom stereocenters. The summed E-state index contributed by atoms with van der Waals surface area (Å²) in [7, 11) is 1.80. The lowest BCUT2D eigenvalue weighted by atomic mass is 10.0. The molecule has 112 valence electrons. The fourth-order valence-electron chi connectivity index (χ4n) is 2.69. The second-order valence-electron chi connectivity index (χ2n) is 5.34. The maximum atomic E-state index is 6.30. The number of nitrogens with zero attached hydrogens (tertiary/aromatic N) is 1. The largest absolute Gasteiger partial charge is 0.494 e. The molecule has 4 heteroatoms. The Kier molecular flexibility index (Phi) is 5.83. The van der Waals surface area contributed by atoms with Gasteiger partial charge in [0.1, 0.15) is 5.75 Å². The quantitative estimate of drug-likeness (QED) is 0.866. The van der Waals surface area contributed by atoms with Crippen LogP contribution in [-0.2, 0) is 4.74 Å². The fraction of sp³-hybridized carbons (Fsp3) is 0.625. The van der Waals surface area contributed by atoms with E-state index in [4.69, 9.17) is 15.2 Å². The Morgan fingerprint density at radius 1 is 1.25 bits per heavy atom. The zero-order valence-corrected chi connectivity index (χ0v) is 12.5. The molecule has 2 N–H and O–H groups in total. The van der Waals surface area contributed by atoms with Crippen molar-refractivity contribution in [2.45, 2.75) is 31.9 Å². The summed E-state index contributed by atoms with van der Waals surface area (Å²) in [5.41, 5.74) is 7.47. The van der Waals surface area contributed by atoms with E-state index < -0.39 is 0 Å². The van der Waals surface area contributed by atoms with Gasteiger partial charge in [-0.3, -0.25) is 0 Å². The molecular weight excluding hydrogens is 252 g/mol. The Morgan fingerprint density at radius 3 is 2.45 bits per heavy atom. The van der Waals surface area contributed by atoms with Crippen molar-refractivity contribution in [2.24, 2.45) is 5.73 Å². The summed E-state index contributed by atoms with van der Waals surface area (Å²) >= 11 is 0. The van der Waals surface area contributed by atoms with Crippen LogP contribution in [0.3, 0.4) is 0 Å². The van der Waals surface area contributed by atoms with Crippen molar-refractivity contribution in [3.63, 3.8) is 0 Å². The first-order valence-electron chi connectivity index (χ1n) is 7.46. The van der Waals surface area contributed by atoms with E-state index in [9.17, 15) is 0 Å². The topological polar surface area (TPSA) is 47.7 Å². The first kappa shape index (κ1) is 15.3. The molecule has 1 aliphatic heterocycles. The van der Waals surface area contributed by atoms with Crippen LogP contribution in [0.1, 0.15) is 31.4 Å². The van der Waals surface area contributed by atoms with Crippen molar-refractivity contribution in [1.29, 1.82) is 0 Å². The lowest BCUT2D eigenvalue weighted by Gasteiger charge is -2.32. The van der Waals surface area contributed by atoms with Gasteiger partial charge in [0.2, 0.25) is 0 Å². The Morgan fingerprint density at radius 2 is 1.90 bits per heavy atom. The Labute approximate surface area is 121 Å². The number of piperidine rings is 1. The van der Waals surface area contributed by atoms with Crippen molar-refractivity contribution in [3.05, 3.63) is 29.8 Å². The first-order chi connectivity index (χ1) is 9.72. The highest BCUT2D eigenvalue weighted by Gasteiger charge is 2.20. The minimum absolute atomic E-state index is 0.0600. The molecule has 1 aliphatic rings. The molecular formula is C16H26N2O2. The average Bonchev–Trinajstić information content (AvgIpc) is 2.49. The average molecular weight is 278 g/mol. The standard InChI is InChI=1S/C16H26N2O2/c1-3-20-15-6-4-13(5-7-15)16(17)12-18-10-8-14(19-2)9-11-18/h4-7,14,16H,3,8-12,17H2,1-2H3. The highest BCUT2D eigenvalue weighted by Crippen LogP contribution is 2.19. The smallest absolute Gasteiger partial charge is 0.119 e. The third-order valence-corrected chi connectivity index (χ3v) is 3.94. The van der Waals surface area contributed by atoms with Gasteiger partial charge in [-0.2, -0.15) is 0 Å². The van der Waals surface area contributed by atoms with E-state index in [0.717, 1.165) is 38.2 Å². The molecule has 1 saturated heterocycles. The molecule has 1 heterocycles. The zero-order valence-electron chi connectivity index (χ0n) is 12.5. The van der Waals surface area contributed by atoms with Crippen LogP contribution in [0.5, 0.6) is 5.75 Å². The molecule has 1 aromatic rings. The van der Waals surface area contributed by atoms with E-state index in [1.807, 2.05) is 19.1 Å². The summed E-state index contributed by atoms with van der Waals surface area (Å²) in [4.78, 5) is 2.43. The number of hydrogen-bond acceptors (Lipinski definition) is 4. The van der Waals surface area contributed by atoms with Gasteiger partial charge in [-0.1, -0.05) is 12.1 Å². The van der Waals surface area contributed by atoms with Crippen molar-refractivity contribution >= 4 is 0 Å². The Bertz CT molecular complexity index is 386. The van der Waals surface area contributed by atoms with Crippen molar-refractivity contribution < 1.29 is 9.47 Å². The molecule has 0 aromatic heterocycles. The van der Waals surface area contributed by atoms with Gasteiger partial charge >= 0.3 is 0 Å². The van der Waals surface area contributed by atoms with Crippen LogP contribution in [0.2, 0.25) is 0 Å². The van der Waals surface area contributed by atoms with Crippen LogP contribution in [0, 0.1) is 0 Å². The van der Waals surface area contributed by atoms with Crippen LogP contribution in [-0.4, -0.2) is 44.4 Å². The SMILES string of the molecule is CCOc1ccc(C(N)CN2CCC(OC)CC2)cc1. The Balaban J connectivity index is 1.83. The molecule has 1 aromatic carbocycles. The number of hydrogen-bond donors (Lipinski definition) is 1. The molecule has 0 saturated carbocycles. The highest BCUT2D eigenvalue weighted by atomic mass is 16.5. The third kappa shape index (κ3) is 4.20. The monoisotopic (exact) mass is 278 g/mol. The minimum atomic E-state index is 0.0600. The summed E-state index contributed by atoms with van der Waals surface area (Å²) < 4.78 is 10.8. The second kappa shape index (κ2) is 7.62. The predicted molar refractivity (Wildman–Crippen MR) is 81.0 cm³/mol. The zero-order chi connectivity index (χ0) is 14.4. The molecule has 1 atom stereocenters. The number of rotatable bonds is 6. The summed E-state index contributed by atoms with van der Waals surface area (Å²) in [6.07, 6.45) is 2.63. The van der Waals surface area contributed by atoms with E-state index in [-0.39, 0.29) is 6.04 Å². The highest BCUT2D eigenvalue weighted by molar-refractivity contribution is 5.29. The van der Waals surface area contributed by atoms with Crippen LogP contribution in [0.4, 0.5) is 0 Å². The first-order valence-corrected chi connectivity index (χ1v) is 7.46. The summed E-state index contributed by atoms with van der Waals surface area (Å²) in [5, 5.41) is 0. The molecule has 0 spiro atoms. The molecule has 1 fully saturated rings. The summed E-state index contributed by atoms with van der Waals surface area (Å²) in [5.74, 6) is 0.907. The second-order valence-corrected chi connectivity index (χ2v) is 5.34. The van der Waals surface area contributed by atoms with E-state index in [0.29, 0.717) is 12.7 Å². The molecule has 2 rings (SSSR count). The fourth-order valence-corrected chi connectivity index (χ4v) is 2.69. The third-order valence-electron chi connectivity index (χ3n) is 3.94. The van der Waals surface area contributed by atoms with E-state index in [1.54, 1.807) is 7.11 Å². The van der Waals surface area contributed by atoms with Gasteiger partial charge in [0, 0.05) is 32.8 Å². The number of methoxy groups -OCH3 is 1. The molecule has 20 heavy (non-hydrogen) atoms. The minimum Gasteiger partial charge on any atom is -0.494 e. The number of benzene rings is 1. The number of nitrogens with two attached hydrogens (primary N) is 1. The van der Waals surface area contributed by atoms with Gasteiger partial charge in [0.25, 0.3) is 0 Å².